The number of carbonyl (C=O) groups is 2. The molecule has 0 bridgehead atoms. The molecule has 1 aromatic heterocycles. The number of rotatable bonds is 9. The fourth-order valence-electron chi connectivity index (χ4n) is 5.03. The van der Waals surface area contributed by atoms with E-state index in [-0.39, 0.29) is 37.4 Å². The van der Waals surface area contributed by atoms with Gasteiger partial charge in [-0.05, 0) is 43.9 Å². The van der Waals surface area contributed by atoms with Crippen LogP contribution in [0.3, 0.4) is 0 Å². The lowest BCUT2D eigenvalue weighted by Gasteiger charge is -2.31. The van der Waals surface area contributed by atoms with Crippen molar-refractivity contribution in [3.05, 3.63) is 80.5 Å². The van der Waals surface area contributed by atoms with Crippen LogP contribution in [0.25, 0.3) is 10.9 Å². The van der Waals surface area contributed by atoms with Crippen LogP contribution in [0.4, 0.5) is 0 Å². The highest BCUT2D eigenvalue weighted by molar-refractivity contribution is 5.81. The topological polar surface area (TPSA) is 93.4 Å². The summed E-state index contributed by atoms with van der Waals surface area (Å²) in [5.41, 5.74) is 1.70. The molecule has 2 amide bonds. The van der Waals surface area contributed by atoms with E-state index < -0.39 is 11.2 Å². The van der Waals surface area contributed by atoms with Crippen LogP contribution in [0.2, 0.25) is 0 Å². The van der Waals surface area contributed by atoms with E-state index in [0.29, 0.717) is 23.9 Å². The zero-order valence-corrected chi connectivity index (χ0v) is 21.7. The fourth-order valence-corrected chi connectivity index (χ4v) is 5.03. The largest absolute Gasteiger partial charge is 0.352 e. The van der Waals surface area contributed by atoms with Gasteiger partial charge in [-0.15, -0.1) is 0 Å². The van der Waals surface area contributed by atoms with E-state index in [0.717, 1.165) is 41.4 Å². The highest BCUT2D eigenvalue weighted by atomic mass is 16.2. The van der Waals surface area contributed by atoms with Crippen LogP contribution in [0, 0.1) is 6.92 Å². The summed E-state index contributed by atoms with van der Waals surface area (Å²) in [6, 6.07) is 15.0. The van der Waals surface area contributed by atoms with Gasteiger partial charge in [-0.1, -0.05) is 61.2 Å². The molecule has 8 heteroatoms. The molecule has 4 rings (SSSR count). The Morgan fingerprint density at radius 1 is 0.973 bits per heavy atom. The lowest BCUT2D eigenvalue weighted by molar-refractivity contribution is -0.133. The Balaban J connectivity index is 1.46. The van der Waals surface area contributed by atoms with Crippen LogP contribution in [-0.2, 0) is 29.2 Å². The van der Waals surface area contributed by atoms with Gasteiger partial charge in [0.05, 0.1) is 10.9 Å². The first kappa shape index (κ1) is 26.4. The lowest BCUT2D eigenvalue weighted by Crippen LogP contribution is -2.45. The van der Waals surface area contributed by atoms with Crippen LogP contribution < -0.4 is 16.6 Å². The third-order valence-corrected chi connectivity index (χ3v) is 7.34. The molecule has 0 saturated heterocycles. The minimum Gasteiger partial charge on any atom is -0.352 e. The molecule has 0 unspecified atom stereocenters. The van der Waals surface area contributed by atoms with Gasteiger partial charge < -0.3 is 10.2 Å². The number of fused-ring (bicyclic) bond motifs is 1. The maximum atomic E-state index is 13.4. The summed E-state index contributed by atoms with van der Waals surface area (Å²) in [5, 5.41) is 3.27. The second-order valence-electron chi connectivity index (χ2n) is 10.0. The van der Waals surface area contributed by atoms with Crippen LogP contribution in [0.1, 0.15) is 56.1 Å². The second-order valence-corrected chi connectivity index (χ2v) is 10.0. The average Bonchev–Trinajstić information content (AvgIpc) is 2.92. The van der Waals surface area contributed by atoms with E-state index in [2.05, 4.69) is 5.32 Å². The highest BCUT2D eigenvalue weighted by Crippen LogP contribution is 2.22. The van der Waals surface area contributed by atoms with Crippen LogP contribution in [-0.4, -0.2) is 38.9 Å². The van der Waals surface area contributed by atoms with E-state index in [1.807, 2.05) is 31.2 Å². The van der Waals surface area contributed by atoms with Gasteiger partial charge in [-0.2, -0.15) is 0 Å². The zero-order valence-electron chi connectivity index (χ0n) is 21.7. The molecule has 8 nitrogen and oxygen atoms in total. The molecular weight excluding hydrogens is 468 g/mol. The highest BCUT2D eigenvalue weighted by Gasteiger charge is 2.23. The number of amides is 2. The first-order valence-corrected chi connectivity index (χ1v) is 13.2. The SMILES string of the molecule is Cc1ccc(CNC(=O)CCCn2c(=O)c3ccccc3n(CC(=O)N(C)C3CCCCC3)c2=O)cc1. The number of aromatic nitrogens is 2. The molecular formula is C29H36N4O4. The molecule has 37 heavy (non-hydrogen) atoms. The van der Waals surface area contributed by atoms with Gasteiger partial charge >= 0.3 is 5.69 Å². The standard InChI is InChI=1S/C29H36N4O4/c1-21-14-16-22(17-15-21)19-30-26(34)13-8-18-32-28(36)24-11-6-7-12-25(24)33(29(32)37)20-27(35)31(2)23-9-4-3-5-10-23/h6-7,11-12,14-17,23H,3-5,8-10,13,18-20H2,1-2H3,(H,30,34). The molecule has 1 fully saturated rings. The molecule has 2 aromatic carbocycles. The van der Waals surface area contributed by atoms with Crippen LogP contribution >= 0.6 is 0 Å². The van der Waals surface area contributed by atoms with Crippen molar-refractivity contribution >= 4 is 22.7 Å². The quantitative estimate of drug-likeness (QED) is 0.484. The monoisotopic (exact) mass is 504 g/mol. The fraction of sp³-hybridized carbons (Fsp3) is 0.448. The van der Waals surface area contributed by atoms with Gasteiger partial charge in [-0.25, -0.2) is 4.79 Å². The molecule has 0 aliphatic heterocycles. The molecule has 1 heterocycles. The van der Waals surface area contributed by atoms with Crippen molar-refractivity contribution in [3.63, 3.8) is 0 Å². The number of para-hydroxylation sites is 1. The van der Waals surface area contributed by atoms with Gasteiger partial charge in [0.25, 0.3) is 5.56 Å². The number of carbonyl (C=O) groups excluding carboxylic acids is 2. The van der Waals surface area contributed by atoms with E-state index in [1.54, 1.807) is 36.2 Å². The zero-order chi connectivity index (χ0) is 26.4. The van der Waals surface area contributed by atoms with E-state index in [1.165, 1.54) is 11.0 Å². The number of hydrogen-bond donors (Lipinski definition) is 1. The summed E-state index contributed by atoms with van der Waals surface area (Å²) < 4.78 is 2.55. The minimum absolute atomic E-state index is 0.104. The smallest absolute Gasteiger partial charge is 0.331 e. The maximum Gasteiger partial charge on any atom is 0.331 e. The van der Waals surface area contributed by atoms with Crippen molar-refractivity contribution in [2.24, 2.45) is 0 Å². The Morgan fingerprint density at radius 2 is 1.68 bits per heavy atom. The van der Waals surface area contributed by atoms with E-state index >= 15 is 0 Å². The van der Waals surface area contributed by atoms with Crippen molar-refractivity contribution in [2.45, 2.75) is 77.5 Å². The van der Waals surface area contributed by atoms with Crippen molar-refractivity contribution in [1.82, 2.24) is 19.4 Å². The van der Waals surface area contributed by atoms with E-state index in [4.69, 9.17) is 0 Å². The molecule has 3 aromatic rings. The Bertz CT molecular complexity index is 1370. The van der Waals surface area contributed by atoms with E-state index in [9.17, 15) is 19.2 Å². The second kappa shape index (κ2) is 12.0. The number of nitrogens with one attached hydrogen (secondary N) is 1. The Hall–Kier alpha value is -3.68. The number of aryl methyl sites for hydroxylation is 1. The Kier molecular flexibility index (Phi) is 8.58. The summed E-state index contributed by atoms with van der Waals surface area (Å²) in [7, 11) is 1.80. The molecule has 1 N–H and O–H groups in total. The Morgan fingerprint density at radius 3 is 2.41 bits per heavy atom. The molecule has 1 aliphatic rings. The predicted octanol–water partition coefficient (Wildman–Crippen LogP) is 3.36. The number of benzene rings is 2. The third-order valence-electron chi connectivity index (χ3n) is 7.34. The molecule has 0 radical (unpaired) electrons. The van der Waals surface area contributed by atoms with Gasteiger partial charge in [0.2, 0.25) is 11.8 Å². The normalized spacial score (nSPS) is 14.0. The molecule has 1 saturated carbocycles. The Labute approximate surface area is 216 Å². The maximum absolute atomic E-state index is 13.4. The third kappa shape index (κ3) is 6.37. The van der Waals surface area contributed by atoms with Crippen molar-refractivity contribution in [1.29, 1.82) is 0 Å². The predicted molar refractivity (Wildman–Crippen MR) is 144 cm³/mol. The minimum atomic E-state index is -0.519. The van der Waals surface area contributed by atoms with Crippen LogP contribution in [0.15, 0.2) is 58.1 Å². The number of hydrogen-bond acceptors (Lipinski definition) is 4. The number of likely N-dealkylation sites (N-methyl/N-ethyl adjacent to an activating group) is 1. The first-order chi connectivity index (χ1) is 17.8. The number of nitrogens with zero attached hydrogens (tertiary/aromatic N) is 3. The summed E-state index contributed by atoms with van der Waals surface area (Å²) in [6.07, 6.45) is 5.88. The van der Waals surface area contributed by atoms with Crippen molar-refractivity contribution < 1.29 is 9.59 Å². The summed E-state index contributed by atoms with van der Waals surface area (Å²) in [4.78, 5) is 53.8. The average molecular weight is 505 g/mol. The van der Waals surface area contributed by atoms with Crippen molar-refractivity contribution in [3.8, 4) is 0 Å². The molecule has 0 atom stereocenters. The molecule has 196 valence electrons. The van der Waals surface area contributed by atoms with Gasteiger partial charge in [0.1, 0.15) is 6.54 Å². The summed E-state index contributed by atoms with van der Waals surface area (Å²) in [5.74, 6) is -0.279. The first-order valence-electron chi connectivity index (χ1n) is 13.2. The van der Waals surface area contributed by atoms with Gasteiger partial charge in [0, 0.05) is 32.6 Å². The molecule has 1 aliphatic carbocycles. The van der Waals surface area contributed by atoms with Gasteiger partial charge in [-0.3, -0.25) is 23.5 Å². The van der Waals surface area contributed by atoms with Gasteiger partial charge in [0.15, 0.2) is 0 Å². The molecule has 0 spiro atoms. The lowest BCUT2D eigenvalue weighted by atomic mass is 9.94. The summed E-state index contributed by atoms with van der Waals surface area (Å²) in [6.45, 7) is 2.42. The van der Waals surface area contributed by atoms with Crippen LogP contribution in [0.5, 0.6) is 0 Å². The summed E-state index contributed by atoms with van der Waals surface area (Å²) >= 11 is 0. The van der Waals surface area contributed by atoms with Crippen molar-refractivity contribution in [2.75, 3.05) is 7.05 Å².